The Hall–Kier alpha value is -0.830. The van der Waals surface area contributed by atoms with Gasteiger partial charge >= 0.3 is 0 Å². The molecule has 84 valence electrons. The van der Waals surface area contributed by atoms with Gasteiger partial charge in [-0.1, -0.05) is 13.8 Å². The lowest BCUT2D eigenvalue weighted by molar-refractivity contribution is 0.561. The first-order valence-corrected chi connectivity index (χ1v) is 5.98. The Morgan fingerprint density at radius 3 is 2.67 bits per heavy atom. The van der Waals surface area contributed by atoms with E-state index < -0.39 is 0 Å². The molecule has 3 heteroatoms. The third kappa shape index (κ3) is 2.07. The lowest BCUT2D eigenvalue weighted by Gasteiger charge is -2.07. The van der Waals surface area contributed by atoms with Crippen molar-refractivity contribution in [3.8, 4) is 0 Å². The maximum Gasteiger partial charge on any atom is 0.0656 e. The van der Waals surface area contributed by atoms with Crippen molar-refractivity contribution in [2.45, 2.75) is 58.0 Å². The van der Waals surface area contributed by atoms with E-state index in [-0.39, 0.29) is 6.04 Å². The summed E-state index contributed by atoms with van der Waals surface area (Å²) in [5.41, 5.74) is 8.38. The minimum Gasteiger partial charge on any atom is -0.323 e. The van der Waals surface area contributed by atoms with Crippen LogP contribution in [0.5, 0.6) is 0 Å². The van der Waals surface area contributed by atoms with Gasteiger partial charge in [0, 0.05) is 6.04 Å². The minimum absolute atomic E-state index is 0.0934. The zero-order valence-corrected chi connectivity index (χ0v) is 9.90. The van der Waals surface area contributed by atoms with Gasteiger partial charge in [-0.25, -0.2) is 0 Å². The predicted octanol–water partition coefficient (Wildman–Crippen LogP) is 2.75. The maximum atomic E-state index is 5.97. The van der Waals surface area contributed by atoms with E-state index in [0.29, 0.717) is 12.0 Å². The van der Waals surface area contributed by atoms with Gasteiger partial charge in [0.15, 0.2) is 0 Å². The molecule has 0 bridgehead atoms. The summed E-state index contributed by atoms with van der Waals surface area (Å²) in [6.45, 7) is 6.47. The predicted molar refractivity (Wildman–Crippen MR) is 61.8 cm³/mol. The fourth-order valence-electron chi connectivity index (χ4n) is 1.83. The lowest BCUT2D eigenvalue weighted by Crippen LogP contribution is -2.12. The second-order valence-electron chi connectivity index (χ2n) is 4.77. The Labute approximate surface area is 91.7 Å². The summed E-state index contributed by atoms with van der Waals surface area (Å²) in [5, 5.41) is 4.70. The molecule has 1 unspecified atom stereocenters. The van der Waals surface area contributed by atoms with Crippen LogP contribution in [0.2, 0.25) is 0 Å². The molecule has 1 aromatic heterocycles. The maximum absolute atomic E-state index is 5.97. The van der Waals surface area contributed by atoms with E-state index in [1.807, 2.05) is 6.92 Å². The highest BCUT2D eigenvalue weighted by Gasteiger charge is 2.28. The van der Waals surface area contributed by atoms with Crippen LogP contribution < -0.4 is 5.73 Å². The summed E-state index contributed by atoms with van der Waals surface area (Å²) in [5.74, 6) is 0.544. The van der Waals surface area contributed by atoms with Gasteiger partial charge in [-0.15, -0.1) is 0 Å². The molecular formula is C12H21N3. The van der Waals surface area contributed by atoms with Crippen molar-refractivity contribution in [3.63, 3.8) is 0 Å². The Kier molecular flexibility index (Phi) is 2.83. The third-order valence-corrected chi connectivity index (χ3v) is 3.26. The summed E-state index contributed by atoms with van der Waals surface area (Å²) < 4.78 is 2.16. The average Bonchev–Trinajstić information content (AvgIpc) is 2.96. The zero-order chi connectivity index (χ0) is 11.0. The Bertz CT molecular complexity index is 317. The first kappa shape index (κ1) is 10.7. The molecule has 2 N–H and O–H groups in total. The first-order chi connectivity index (χ1) is 7.13. The molecule has 0 radical (unpaired) electrons. The molecular weight excluding hydrogens is 186 g/mol. The fourth-order valence-corrected chi connectivity index (χ4v) is 1.83. The molecule has 1 aliphatic rings. The number of hydrogen-bond donors (Lipinski definition) is 1. The monoisotopic (exact) mass is 207 g/mol. The van der Waals surface area contributed by atoms with Crippen LogP contribution in [0.25, 0.3) is 0 Å². The van der Waals surface area contributed by atoms with Crippen LogP contribution in [0, 0.1) is 0 Å². The summed E-state index contributed by atoms with van der Waals surface area (Å²) >= 11 is 0. The summed E-state index contributed by atoms with van der Waals surface area (Å²) in [4.78, 5) is 0. The Balaban J connectivity index is 2.31. The van der Waals surface area contributed by atoms with Crippen LogP contribution in [0.15, 0.2) is 6.07 Å². The highest BCUT2D eigenvalue weighted by Crippen LogP contribution is 2.37. The number of hydrogen-bond acceptors (Lipinski definition) is 2. The van der Waals surface area contributed by atoms with Crippen LogP contribution >= 0.6 is 0 Å². The normalized spacial score (nSPS) is 20.3. The third-order valence-electron chi connectivity index (χ3n) is 3.26. The largest absolute Gasteiger partial charge is 0.323 e. The minimum atomic E-state index is 0.0934. The van der Waals surface area contributed by atoms with Gasteiger partial charge in [0.05, 0.1) is 17.4 Å². The Morgan fingerprint density at radius 1 is 1.53 bits per heavy atom. The second kappa shape index (κ2) is 3.97. The smallest absolute Gasteiger partial charge is 0.0656 e. The van der Waals surface area contributed by atoms with Gasteiger partial charge in [0.2, 0.25) is 0 Å². The molecule has 0 amide bonds. The number of nitrogens with zero attached hydrogens (tertiary/aromatic N) is 2. The van der Waals surface area contributed by atoms with Gasteiger partial charge in [-0.05, 0) is 38.2 Å². The van der Waals surface area contributed by atoms with Gasteiger partial charge in [-0.3, -0.25) is 4.68 Å². The van der Waals surface area contributed by atoms with Crippen LogP contribution in [0.1, 0.15) is 69.4 Å². The molecule has 0 aromatic carbocycles. The number of rotatable bonds is 4. The average molecular weight is 207 g/mol. The van der Waals surface area contributed by atoms with Crippen LogP contribution in [0.4, 0.5) is 0 Å². The van der Waals surface area contributed by atoms with Crippen molar-refractivity contribution in [1.29, 1.82) is 0 Å². The van der Waals surface area contributed by atoms with E-state index in [4.69, 9.17) is 10.8 Å². The molecule has 1 heterocycles. The van der Waals surface area contributed by atoms with E-state index in [9.17, 15) is 0 Å². The van der Waals surface area contributed by atoms with E-state index in [0.717, 1.165) is 6.42 Å². The molecule has 1 fully saturated rings. The van der Waals surface area contributed by atoms with Crippen LogP contribution in [-0.4, -0.2) is 9.78 Å². The van der Waals surface area contributed by atoms with Crippen molar-refractivity contribution in [3.05, 3.63) is 17.5 Å². The van der Waals surface area contributed by atoms with Crippen LogP contribution in [0.3, 0.4) is 0 Å². The van der Waals surface area contributed by atoms with Crippen molar-refractivity contribution >= 4 is 0 Å². The van der Waals surface area contributed by atoms with Crippen molar-refractivity contribution in [2.75, 3.05) is 0 Å². The SMILES string of the molecule is CCC(C)c1cc([C@H](C)N)n(C2CC2)n1. The van der Waals surface area contributed by atoms with Gasteiger partial charge in [0.1, 0.15) is 0 Å². The van der Waals surface area contributed by atoms with E-state index in [2.05, 4.69) is 24.6 Å². The van der Waals surface area contributed by atoms with Gasteiger partial charge < -0.3 is 5.73 Å². The standard InChI is InChI=1S/C12H21N3/c1-4-8(2)11-7-12(9(3)13)15(14-11)10-5-6-10/h7-10H,4-6,13H2,1-3H3/t8?,9-/m0/s1. The summed E-state index contributed by atoms with van der Waals surface area (Å²) in [6, 6.07) is 2.91. The molecule has 1 aromatic rings. The quantitative estimate of drug-likeness (QED) is 0.825. The molecule has 0 saturated heterocycles. The second-order valence-corrected chi connectivity index (χ2v) is 4.77. The van der Waals surface area contributed by atoms with Crippen molar-refractivity contribution in [1.82, 2.24) is 9.78 Å². The number of aromatic nitrogens is 2. The molecule has 1 saturated carbocycles. The zero-order valence-electron chi connectivity index (χ0n) is 9.90. The molecule has 15 heavy (non-hydrogen) atoms. The van der Waals surface area contributed by atoms with Gasteiger partial charge in [-0.2, -0.15) is 5.10 Å². The van der Waals surface area contributed by atoms with E-state index in [1.165, 1.54) is 24.2 Å². The molecule has 0 aliphatic heterocycles. The van der Waals surface area contributed by atoms with Gasteiger partial charge in [0.25, 0.3) is 0 Å². The molecule has 3 nitrogen and oxygen atoms in total. The van der Waals surface area contributed by atoms with E-state index in [1.54, 1.807) is 0 Å². The van der Waals surface area contributed by atoms with Crippen LogP contribution in [-0.2, 0) is 0 Å². The molecule has 0 spiro atoms. The van der Waals surface area contributed by atoms with E-state index >= 15 is 0 Å². The lowest BCUT2D eigenvalue weighted by atomic mass is 10.0. The highest BCUT2D eigenvalue weighted by molar-refractivity contribution is 5.18. The van der Waals surface area contributed by atoms with Crippen molar-refractivity contribution in [2.24, 2.45) is 5.73 Å². The summed E-state index contributed by atoms with van der Waals surface area (Å²) in [6.07, 6.45) is 3.67. The van der Waals surface area contributed by atoms with Crippen molar-refractivity contribution < 1.29 is 0 Å². The highest BCUT2D eigenvalue weighted by atomic mass is 15.3. The topological polar surface area (TPSA) is 43.8 Å². The summed E-state index contributed by atoms with van der Waals surface area (Å²) in [7, 11) is 0. The molecule has 2 rings (SSSR count). The first-order valence-electron chi connectivity index (χ1n) is 5.98. The fraction of sp³-hybridized carbons (Fsp3) is 0.750. The number of nitrogens with two attached hydrogens (primary N) is 1. The Morgan fingerprint density at radius 2 is 2.20 bits per heavy atom. The molecule has 1 aliphatic carbocycles. The molecule has 2 atom stereocenters.